The van der Waals surface area contributed by atoms with Gasteiger partial charge in [0.05, 0.1) is 6.61 Å². The van der Waals surface area contributed by atoms with Crippen LogP contribution >= 0.6 is 0 Å². The third kappa shape index (κ3) is 7.56. The Labute approximate surface area is 133 Å². The van der Waals surface area contributed by atoms with E-state index in [4.69, 9.17) is 21.1 Å². The molecule has 0 spiro atoms. The van der Waals surface area contributed by atoms with Crippen molar-refractivity contribution in [2.75, 3.05) is 6.61 Å². The number of aliphatic carboxylic acids is 2. The van der Waals surface area contributed by atoms with Crippen LogP contribution in [0.5, 0.6) is 0 Å². The molecule has 0 saturated carbocycles. The van der Waals surface area contributed by atoms with E-state index >= 15 is 0 Å². The summed E-state index contributed by atoms with van der Waals surface area (Å²) in [6.45, 7) is 2.53. The molecule has 0 aliphatic carbocycles. The zero-order chi connectivity index (χ0) is 18.2. The number of nitrogens with two attached hydrogens (primary N) is 1. The molecule has 10 heteroatoms. The Hall–Kier alpha value is -2.20. The molecule has 0 heterocycles. The summed E-state index contributed by atoms with van der Waals surface area (Å²) in [5.74, 6) is -4.50. The minimum absolute atomic E-state index is 0.241. The third-order valence-corrected chi connectivity index (χ3v) is 3.04. The van der Waals surface area contributed by atoms with Crippen molar-refractivity contribution in [3.8, 4) is 0 Å². The highest BCUT2D eigenvalue weighted by Crippen LogP contribution is 2.05. The van der Waals surface area contributed by atoms with Crippen LogP contribution < -0.4 is 16.4 Å². The molecule has 2 amide bonds. The van der Waals surface area contributed by atoms with Gasteiger partial charge in [0.1, 0.15) is 18.1 Å². The summed E-state index contributed by atoms with van der Waals surface area (Å²) >= 11 is 0. The Bertz CT molecular complexity index is 453. The topological polar surface area (TPSA) is 179 Å². The summed E-state index contributed by atoms with van der Waals surface area (Å²) < 4.78 is 0. The van der Waals surface area contributed by atoms with E-state index in [1.165, 1.54) is 0 Å². The highest BCUT2D eigenvalue weighted by Gasteiger charge is 2.29. The average Bonchev–Trinajstić information content (AvgIpc) is 2.46. The third-order valence-electron chi connectivity index (χ3n) is 3.04. The lowest BCUT2D eigenvalue weighted by molar-refractivity contribution is -0.144. The van der Waals surface area contributed by atoms with Gasteiger partial charge in [-0.3, -0.25) is 14.4 Å². The number of carboxylic acids is 2. The highest BCUT2D eigenvalue weighted by molar-refractivity contribution is 5.92. The van der Waals surface area contributed by atoms with Crippen molar-refractivity contribution < 1.29 is 34.5 Å². The van der Waals surface area contributed by atoms with Gasteiger partial charge in [-0.05, 0) is 12.3 Å². The molecule has 3 unspecified atom stereocenters. The van der Waals surface area contributed by atoms with Crippen molar-refractivity contribution in [2.24, 2.45) is 11.7 Å². The molecule has 3 atom stereocenters. The molecule has 0 aromatic heterocycles. The predicted octanol–water partition coefficient (Wildman–Crippen LogP) is -2.12. The standard InChI is InChI=1S/C13H23N3O7/c1-6(2)10(13(22)23)16-12(21)8(3-4-9(18)19)15-11(20)7(14)5-17/h6-8,10,17H,3-5,14H2,1-2H3,(H,15,20)(H,16,21)(H,18,19)(H,22,23). The van der Waals surface area contributed by atoms with Gasteiger partial charge in [0.25, 0.3) is 0 Å². The fourth-order valence-electron chi connectivity index (χ4n) is 1.67. The van der Waals surface area contributed by atoms with E-state index in [0.29, 0.717) is 0 Å². The summed E-state index contributed by atoms with van der Waals surface area (Å²) in [5, 5.41) is 31.0. The molecule has 0 aliphatic rings. The van der Waals surface area contributed by atoms with Crippen LogP contribution in [0, 0.1) is 5.92 Å². The van der Waals surface area contributed by atoms with E-state index in [2.05, 4.69) is 10.6 Å². The molecule has 0 rings (SSSR count). The van der Waals surface area contributed by atoms with Gasteiger partial charge < -0.3 is 31.7 Å². The van der Waals surface area contributed by atoms with E-state index < -0.39 is 60.8 Å². The molecular weight excluding hydrogens is 310 g/mol. The molecule has 7 N–H and O–H groups in total. The quantitative estimate of drug-likeness (QED) is 0.262. The zero-order valence-electron chi connectivity index (χ0n) is 13.0. The second kappa shape index (κ2) is 9.74. The second-order valence-electron chi connectivity index (χ2n) is 5.35. The number of carbonyl (C=O) groups excluding carboxylic acids is 2. The SMILES string of the molecule is CC(C)C(NC(=O)C(CCC(=O)O)NC(=O)C(N)CO)C(=O)O. The van der Waals surface area contributed by atoms with Crippen molar-refractivity contribution in [1.29, 1.82) is 0 Å². The molecule has 0 saturated heterocycles. The minimum atomic E-state index is -1.27. The van der Waals surface area contributed by atoms with Crippen molar-refractivity contribution >= 4 is 23.8 Å². The van der Waals surface area contributed by atoms with E-state index in [1.807, 2.05) is 0 Å². The van der Waals surface area contributed by atoms with Gasteiger partial charge in [-0.1, -0.05) is 13.8 Å². The Kier molecular flexibility index (Phi) is 8.81. The average molecular weight is 333 g/mol. The number of nitrogens with one attached hydrogen (secondary N) is 2. The lowest BCUT2D eigenvalue weighted by atomic mass is 10.0. The lowest BCUT2D eigenvalue weighted by Crippen LogP contribution is -2.56. The Morgan fingerprint density at radius 3 is 2.00 bits per heavy atom. The monoisotopic (exact) mass is 333 g/mol. The maximum Gasteiger partial charge on any atom is 0.326 e. The summed E-state index contributed by atoms with van der Waals surface area (Å²) in [6.07, 6.45) is -0.651. The van der Waals surface area contributed by atoms with E-state index in [-0.39, 0.29) is 6.42 Å². The van der Waals surface area contributed by atoms with Gasteiger partial charge in [0.2, 0.25) is 11.8 Å². The molecular formula is C13H23N3O7. The number of hydrogen-bond acceptors (Lipinski definition) is 6. The van der Waals surface area contributed by atoms with Gasteiger partial charge >= 0.3 is 11.9 Å². The molecule has 0 radical (unpaired) electrons. The van der Waals surface area contributed by atoms with Gasteiger partial charge in [0, 0.05) is 6.42 Å². The van der Waals surface area contributed by atoms with Crippen molar-refractivity contribution in [3.63, 3.8) is 0 Å². The number of aliphatic hydroxyl groups is 1. The minimum Gasteiger partial charge on any atom is -0.481 e. The molecule has 0 fully saturated rings. The van der Waals surface area contributed by atoms with Crippen LogP contribution in [0.1, 0.15) is 26.7 Å². The Morgan fingerprint density at radius 1 is 1.04 bits per heavy atom. The molecule has 0 bridgehead atoms. The van der Waals surface area contributed by atoms with Gasteiger partial charge in [0.15, 0.2) is 0 Å². The molecule has 10 nitrogen and oxygen atoms in total. The molecule has 132 valence electrons. The van der Waals surface area contributed by atoms with Crippen LogP contribution in [-0.2, 0) is 19.2 Å². The normalized spacial score (nSPS) is 14.7. The lowest BCUT2D eigenvalue weighted by Gasteiger charge is -2.23. The molecule has 0 aromatic rings. The van der Waals surface area contributed by atoms with E-state index in [0.717, 1.165) is 0 Å². The van der Waals surface area contributed by atoms with Crippen molar-refractivity contribution in [3.05, 3.63) is 0 Å². The number of carbonyl (C=O) groups is 4. The number of rotatable bonds is 10. The predicted molar refractivity (Wildman–Crippen MR) is 78.3 cm³/mol. The fraction of sp³-hybridized carbons (Fsp3) is 0.692. The van der Waals surface area contributed by atoms with Crippen LogP contribution in [0.15, 0.2) is 0 Å². The van der Waals surface area contributed by atoms with Gasteiger partial charge in [-0.2, -0.15) is 0 Å². The smallest absolute Gasteiger partial charge is 0.326 e. The fourth-order valence-corrected chi connectivity index (χ4v) is 1.67. The second-order valence-corrected chi connectivity index (χ2v) is 5.35. The first-order chi connectivity index (χ1) is 10.6. The van der Waals surface area contributed by atoms with Crippen molar-refractivity contribution in [2.45, 2.75) is 44.8 Å². The molecule has 23 heavy (non-hydrogen) atoms. The number of aliphatic hydroxyl groups excluding tert-OH is 1. The molecule has 0 aromatic carbocycles. The maximum absolute atomic E-state index is 12.1. The number of hydrogen-bond donors (Lipinski definition) is 6. The van der Waals surface area contributed by atoms with Crippen LogP contribution in [0.25, 0.3) is 0 Å². The summed E-state index contributed by atoms with van der Waals surface area (Å²) in [4.78, 5) is 45.5. The number of carboxylic acid groups (broad SMARTS) is 2. The van der Waals surface area contributed by atoms with Crippen LogP contribution in [-0.4, -0.2) is 63.8 Å². The van der Waals surface area contributed by atoms with Crippen molar-refractivity contribution in [1.82, 2.24) is 10.6 Å². The summed E-state index contributed by atoms with van der Waals surface area (Å²) in [5.41, 5.74) is 5.31. The first-order valence-electron chi connectivity index (χ1n) is 7.01. The van der Waals surface area contributed by atoms with E-state index in [1.54, 1.807) is 13.8 Å². The maximum atomic E-state index is 12.1. The summed E-state index contributed by atoms with van der Waals surface area (Å²) in [7, 11) is 0. The largest absolute Gasteiger partial charge is 0.481 e. The van der Waals surface area contributed by atoms with Gasteiger partial charge in [-0.15, -0.1) is 0 Å². The first-order valence-corrected chi connectivity index (χ1v) is 7.01. The van der Waals surface area contributed by atoms with Crippen LogP contribution in [0.2, 0.25) is 0 Å². The molecule has 0 aliphatic heterocycles. The highest BCUT2D eigenvalue weighted by atomic mass is 16.4. The zero-order valence-corrected chi connectivity index (χ0v) is 13.0. The Morgan fingerprint density at radius 2 is 1.61 bits per heavy atom. The van der Waals surface area contributed by atoms with Crippen LogP contribution in [0.4, 0.5) is 0 Å². The van der Waals surface area contributed by atoms with Gasteiger partial charge in [-0.25, -0.2) is 4.79 Å². The first kappa shape index (κ1) is 20.8. The summed E-state index contributed by atoms with van der Waals surface area (Å²) in [6, 6.07) is -3.72. The van der Waals surface area contributed by atoms with E-state index in [9.17, 15) is 19.2 Å². The van der Waals surface area contributed by atoms with Crippen LogP contribution in [0.3, 0.4) is 0 Å². The number of amides is 2. The Balaban J connectivity index is 5.02.